The second-order valence-electron chi connectivity index (χ2n) is 3.92. The van der Waals surface area contributed by atoms with Crippen molar-refractivity contribution < 1.29 is 0 Å². The van der Waals surface area contributed by atoms with Crippen LogP contribution in [0.25, 0.3) is 10.9 Å². The van der Waals surface area contributed by atoms with Crippen LogP contribution in [-0.4, -0.2) is 4.57 Å². The molecule has 0 saturated heterocycles. The van der Waals surface area contributed by atoms with Crippen molar-refractivity contribution in [1.82, 2.24) is 4.57 Å². The third-order valence-corrected chi connectivity index (χ3v) is 4.76. The Labute approximate surface area is 112 Å². The Kier molecular flexibility index (Phi) is 2.68. The highest BCUT2D eigenvalue weighted by atomic mass is 79.9. The van der Waals surface area contributed by atoms with E-state index in [1.165, 1.54) is 14.9 Å². The van der Waals surface area contributed by atoms with Crippen LogP contribution in [0.2, 0.25) is 0 Å². The highest BCUT2D eigenvalue weighted by Crippen LogP contribution is 2.27. The van der Waals surface area contributed by atoms with Gasteiger partial charge in [0.1, 0.15) is 0 Å². The van der Waals surface area contributed by atoms with Gasteiger partial charge in [0.2, 0.25) is 0 Å². The summed E-state index contributed by atoms with van der Waals surface area (Å²) in [5.74, 6) is 0. The zero-order valence-corrected chi connectivity index (χ0v) is 11.5. The topological polar surface area (TPSA) is 30.9 Å². The number of benzene rings is 1. The SMILES string of the molecule is Nc1cccc2c1ccn2Cc1sccc1Br. The summed E-state index contributed by atoms with van der Waals surface area (Å²) in [6.07, 6.45) is 2.09. The summed E-state index contributed by atoms with van der Waals surface area (Å²) in [5, 5.41) is 3.22. The number of halogens is 1. The van der Waals surface area contributed by atoms with Crippen molar-refractivity contribution >= 4 is 43.9 Å². The lowest BCUT2D eigenvalue weighted by Crippen LogP contribution is -1.96. The molecule has 0 atom stereocenters. The van der Waals surface area contributed by atoms with Gasteiger partial charge in [0.25, 0.3) is 0 Å². The van der Waals surface area contributed by atoms with Crippen molar-refractivity contribution in [1.29, 1.82) is 0 Å². The molecular formula is C13H11BrN2S. The normalized spacial score (nSPS) is 11.1. The lowest BCUT2D eigenvalue weighted by Gasteiger charge is -2.05. The number of fused-ring (bicyclic) bond motifs is 1. The molecule has 0 aliphatic heterocycles. The van der Waals surface area contributed by atoms with Gasteiger partial charge in [0.05, 0.1) is 12.1 Å². The Morgan fingerprint density at radius 1 is 1.24 bits per heavy atom. The van der Waals surface area contributed by atoms with Gasteiger partial charge in [-0.3, -0.25) is 0 Å². The van der Waals surface area contributed by atoms with Crippen LogP contribution < -0.4 is 5.73 Å². The minimum absolute atomic E-state index is 0.839. The number of anilines is 1. The Hall–Kier alpha value is -1.26. The molecule has 0 amide bonds. The summed E-state index contributed by atoms with van der Waals surface area (Å²) in [6, 6.07) is 10.2. The van der Waals surface area contributed by atoms with E-state index >= 15 is 0 Å². The van der Waals surface area contributed by atoms with Crippen LogP contribution in [0.1, 0.15) is 4.88 Å². The van der Waals surface area contributed by atoms with Crippen LogP contribution in [0, 0.1) is 0 Å². The third-order valence-electron chi connectivity index (χ3n) is 2.85. The maximum Gasteiger partial charge on any atom is 0.0580 e. The molecule has 4 heteroatoms. The Balaban J connectivity index is 2.07. The van der Waals surface area contributed by atoms with Gasteiger partial charge in [-0.1, -0.05) is 6.07 Å². The molecule has 0 unspecified atom stereocenters. The summed E-state index contributed by atoms with van der Waals surface area (Å²) >= 11 is 5.32. The Morgan fingerprint density at radius 3 is 2.88 bits per heavy atom. The smallest absolute Gasteiger partial charge is 0.0580 e. The number of hydrogen-bond donors (Lipinski definition) is 1. The molecule has 0 fully saturated rings. The molecule has 17 heavy (non-hydrogen) atoms. The van der Waals surface area contributed by atoms with Crippen molar-refractivity contribution in [2.45, 2.75) is 6.54 Å². The molecule has 3 rings (SSSR count). The van der Waals surface area contributed by atoms with Crippen LogP contribution >= 0.6 is 27.3 Å². The van der Waals surface area contributed by atoms with Crippen LogP contribution in [0.4, 0.5) is 5.69 Å². The van der Waals surface area contributed by atoms with E-state index in [-0.39, 0.29) is 0 Å². The average Bonchev–Trinajstić information content (AvgIpc) is 2.89. The van der Waals surface area contributed by atoms with Gasteiger partial charge < -0.3 is 10.3 Å². The molecule has 2 aromatic heterocycles. The van der Waals surface area contributed by atoms with E-state index in [0.717, 1.165) is 17.6 Å². The van der Waals surface area contributed by atoms with Gasteiger partial charge in [-0.25, -0.2) is 0 Å². The lowest BCUT2D eigenvalue weighted by molar-refractivity contribution is 0.849. The molecule has 0 aliphatic rings. The van der Waals surface area contributed by atoms with Crippen molar-refractivity contribution in [3.05, 3.63) is 51.3 Å². The van der Waals surface area contributed by atoms with Crippen LogP contribution in [0.5, 0.6) is 0 Å². The molecule has 0 bridgehead atoms. The maximum absolute atomic E-state index is 5.95. The zero-order chi connectivity index (χ0) is 11.8. The van der Waals surface area contributed by atoms with Gasteiger partial charge in [-0.15, -0.1) is 11.3 Å². The Morgan fingerprint density at radius 2 is 2.12 bits per heavy atom. The quantitative estimate of drug-likeness (QED) is 0.710. The lowest BCUT2D eigenvalue weighted by atomic mass is 10.2. The number of nitrogens with two attached hydrogens (primary N) is 1. The molecule has 3 aromatic rings. The first kappa shape index (κ1) is 10.9. The molecule has 0 spiro atoms. The van der Waals surface area contributed by atoms with E-state index in [2.05, 4.69) is 50.3 Å². The molecule has 86 valence electrons. The van der Waals surface area contributed by atoms with Crippen LogP contribution in [0.15, 0.2) is 46.4 Å². The number of rotatable bonds is 2. The second kappa shape index (κ2) is 4.20. The standard InChI is InChI=1S/C13H11BrN2S/c14-10-5-7-17-13(10)8-16-6-4-9-11(15)2-1-3-12(9)16/h1-7H,8,15H2. The first-order valence-electron chi connectivity index (χ1n) is 5.31. The van der Waals surface area contributed by atoms with Gasteiger partial charge >= 0.3 is 0 Å². The first-order chi connectivity index (χ1) is 8.25. The first-order valence-corrected chi connectivity index (χ1v) is 6.98. The highest BCUT2D eigenvalue weighted by molar-refractivity contribution is 9.10. The minimum Gasteiger partial charge on any atom is -0.398 e. The summed E-state index contributed by atoms with van der Waals surface area (Å²) < 4.78 is 3.40. The molecule has 0 saturated carbocycles. The summed E-state index contributed by atoms with van der Waals surface area (Å²) in [4.78, 5) is 1.32. The highest BCUT2D eigenvalue weighted by Gasteiger charge is 2.06. The monoisotopic (exact) mass is 306 g/mol. The largest absolute Gasteiger partial charge is 0.398 e. The van der Waals surface area contributed by atoms with Crippen molar-refractivity contribution in [2.24, 2.45) is 0 Å². The number of nitrogen functional groups attached to an aromatic ring is 1. The fraction of sp³-hybridized carbons (Fsp3) is 0.0769. The number of aromatic nitrogens is 1. The summed E-state index contributed by atoms with van der Waals surface area (Å²) in [6.45, 7) is 0.880. The molecule has 0 aliphatic carbocycles. The van der Waals surface area contributed by atoms with Gasteiger partial charge in [-0.2, -0.15) is 0 Å². The number of nitrogens with zero attached hydrogens (tertiary/aromatic N) is 1. The van der Waals surface area contributed by atoms with Crippen LogP contribution in [0.3, 0.4) is 0 Å². The minimum atomic E-state index is 0.839. The van der Waals surface area contributed by atoms with Gasteiger partial charge in [-0.05, 0) is 45.6 Å². The van der Waals surface area contributed by atoms with Gasteiger partial charge in [0, 0.05) is 26.6 Å². The maximum atomic E-state index is 5.95. The molecular weight excluding hydrogens is 296 g/mol. The van der Waals surface area contributed by atoms with Crippen molar-refractivity contribution in [2.75, 3.05) is 5.73 Å². The van der Waals surface area contributed by atoms with Crippen LogP contribution in [-0.2, 0) is 6.54 Å². The molecule has 2 N–H and O–H groups in total. The fourth-order valence-electron chi connectivity index (χ4n) is 1.98. The molecule has 1 aromatic carbocycles. The summed E-state index contributed by atoms with van der Waals surface area (Å²) in [7, 11) is 0. The third kappa shape index (κ3) is 1.87. The average molecular weight is 307 g/mol. The van der Waals surface area contributed by atoms with E-state index in [0.29, 0.717) is 0 Å². The van der Waals surface area contributed by atoms with Crippen molar-refractivity contribution in [3.8, 4) is 0 Å². The van der Waals surface area contributed by atoms with E-state index in [9.17, 15) is 0 Å². The summed E-state index contributed by atoms with van der Waals surface area (Å²) in [5.41, 5.74) is 7.98. The second-order valence-corrected chi connectivity index (χ2v) is 5.77. The van der Waals surface area contributed by atoms with E-state index in [4.69, 9.17) is 5.73 Å². The zero-order valence-electron chi connectivity index (χ0n) is 9.06. The van der Waals surface area contributed by atoms with Crippen molar-refractivity contribution in [3.63, 3.8) is 0 Å². The number of thiophene rings is 1. The van der Waals surface area contributed by atoms with E-state index < -0.39 is 0 Å². The van der Waals surface area contributed by atoms with Gasteiger partial charge in [0.15, 0.2) is 0 Å². The predicted octanol–water partition coefficient (Wildman–Crippen LogP) is 4.10. The Bertz CT molecular complexity index is 669. The molecule has 2 heterocycles. The fourth-order valence-corrected chi connectivity index (χ4v) is 3.45. The van der Waals surface area contributed by atoms with E-state index in [1.807, 2.05) is 12.1 Å². The van der Waals surface area contributed by atoms with E-state index in [1.54, 1.807) is 11.3 Å². The predicted molar refractivity (Wildman–Crippen MR) is 77.5 cm³/mol. The number of hydrogen-bond acceptors (Lipinski definition) is 2. The molecule has 2 nitrogen and oxygen atoms in total. The molecule has 0 radical (unpaired) electrons.